The second kappa shape index (κ2) is 6.33. The molecular formula is C13H16Cl2OS. The van der Waals surface area contributed by atoms with Gasteiger partial charge < -0.3 is 5.11 Å². The quantitative estimate of drug-likeness (QED) is 0.881. The zero-order valence-electron chi connectivity index (χ0n) is 9.53. The van der Waals surface area contributed by atoms with Crippen LogP contribution in [0.3, 0.4) is 0 Å². The van der Waals surface area contributed by atoms with Crippen LogP contribution in [0.15, 0.2) is 18.2 Å². The van der Waals surface area contributed by atoms with Crippen LogP contribution in [0.4, 0.5) is 0 Å². The van der Waals surface area contributed by atoms with Crippen LogP contribution in [0, 0.1) is 5.92 Å². The fourth-order valence-corrected chi connectivity index (χ4v) is 3.84. The third-order valence-corrected chi connectivity index (χ3v) is 5.12. The van der Waals surface area contributed by atoms with Crippen molar-refractivity contribution in [3.8, 4) is 0 Å². The Balaban J connectivity index is 2.03. The predicted molar refractivity (Wildman–Crippen MR) is 76.1 cm³/mol. The van der Waals surface area contributed by atoms with Crippen LogP contribution >= 0.6 is 35.0 Å². The maximum atomic E-state index is 10.2. The average Bonchev–Trinajstić information content (AvgIpc) is 2.34. The van der Waals surface area contributed by atoms with Gasteiger partial charge in [0.2, 0.25) is 0 Å². The van der Waals surface area contributed by atoms with Crippen molar-refractivity contribution in [1.29, 1.82) is 0 Å². The topological polar surface area (TPSA) is 20.2 Å². The Labute approximate surface area is 117 Å². The van der Waals surface area contributed by atoms with E-state index >= 15 is 0 Å². The molecule has 1 aromatic carbocycles. The minimum absolute atomic E-state index is 0.491. The Morgan fingerprint density at radius 3 is 2.71 bits per heavy atom. The van der Waals surface area contributed by atoms with Crippen molar-refractivity contribution in [3.05, 3.63) is 33.8 Å². The van der Waals surface area contributed by atoms with Crippen LogP contribution in [0.25, 0.3) is 0 Å². The van der Waals surface area contributed by atoms with E-state index in [1.807, 2.05) is 23.9 Å². The molecule has 1 aliphatic heterocycles. The Hall–Kier alpha value is 0.110. The van der Waals surface area contributed by atoms with Crippen molar-refractivity contribution < 1.29 is 5.11 Å². The normalized spacial score (nSPS) is 19.2. The molecule has 0 saturated carbocycles. The van der Waals surface area contributed by atoms with Crippen molar-refractivity contribution in [2.24, 2.45) is 5.92 Å². The van der Waals surface area contributed by atoms with Crippen molar-refractivity contribution in [3.63, 3.8) is 0 Å². The highest BCUT2D eigenvalue weighted by atomic mass is 35.5. The minimum atomic E-state index is -0.491. The highest BCUT2D eigenvalue weighted by Crippen LogP contribution is 2.35. The monoisotopic (exact) mass is 290 g/mol. The van der Waals surface area contributed by atoms with Gasteiger partial charge in [-0.05, 0) is 42.8 Å². The summed E-state index contributed by atoms with van der Waals surface area (Å²) in [5.74, 6) is 3.03. The van der Waals surface area contributed by atoms with Crippen LogP contribution in [0.5, 0.6) is 0 Å². The highest BCUT2D eigenvalue weighted by molar-refractivity contribution is 7.99. The molecule has 0 aliphatic carbocycles. The summed E-state index contributed by atoms with van der Waals surface area (Å²) in [7, 11) is 0. The van der Waals surface area contributed by atoms with E-state index in [0.29, 0.717) is 16.0 Å². The molecule has 4 heteroatoms. The maximum absolute atomic E-state index is 10.2. The molecule has 94 valence electrons. The van der Waals surface area contributed by atoms with Crippen molar-refractivity contribution >= 4 is 35.0 Å². The van der Waals surface area contributed by atoms with Crippen LogP contribution in [-0.2, 0) is 0 Å². The summed E-state index contributed by atoms with van der Waals surface area (Å²) in [5, 5.41) is 11.2. The third-order valence-electron chi connectivity index (χ3n) is 3.24. The van der Waals surface area contributed by atoms with Gasteiger partial charge in [0.25, 0.3) is 0 Å². The Kier molecular flexibility index (Phi) is 5.04. The summed E-state index contributed by atoms with van der Waals surface area (Å²) in [6.07, 6.45) is 2.69. The van der Waals surface area contributed by atoms with E-state index in [2.05, 4.69) is 0 Å². The molecule has 1 saturated heterocycles. The average molecular weight is 291 g/mol. The fraction of sp³-hybridized carbons (Fsp3) is 0.538. The summed E-state index contributed by atoms with van der Waals surface area (Å²) in [4.78, 5) is 0. The van der Waals surface area contributed by atoms with Gasteiger partial charge in [-0.1, -0.05) is 35.3 Å². The van der Waals surface area contributed by atoms with E-state index in [1.54, 1.807) is 6.07 Å². The van der Waals surface area contributed by atoms with Crippen molar-refractivity contribution in [1.82, 2.24) is 0 Å². The second-order valence-electron chi connectivity index (χ2n) is 4.45. The molecule has 1 atom stereocenters. The molecule has 0 amide bonds. The first-order valence-electron chi connectivity index (χ1n) is 5.88. The van der Waals surface area contributed by atoms with Crippen molar-refractivity contribution in [2.75, 3.05) is 11.5 Å². The van der Waals surface area contributed by atoms with Gasteiger partial charge in [0.15, 0.2) is 0 Å². The summed E-state index contributed by atoms with van der Waals surface area (Å²) in [6, 6.07) is 5.44. The predicted octanol–water partition coefficient (Wildman–Crippen LogP) is 4.56. The lowest BCUT2D eigenvalue weighted by atomic mass is 9.92. The molecule has 1 fully saturated rings. The van der Waals surface area contributed by atoms with Gasteiger partial charge in [-0.2, -0.15) is 11.8 Å². The van der Waals surface area contributed by atoms with Gasteiger partial charge >= 0.3 is 0 Å². The molecule has 0 bridgehead atoms. The lowest BCUT2D eigenvalue weighted by Crippen LogP contribution is -2.13. The van der Waals surface area contributed by atoms with E-state index in [4.69, 9.17) is 23.2 Å². The van der Waals surface area contributed by atoms with Gasteiger partial charge in [-0.3, -0.25) is 0 Å². The zero-order valence-corrected chi connectivity index (χ0v) is 11.9. The molecule has 0 aromatic heterocycles. The fourth-order valence-electron chi connectivity index (χ4n) is 2.20. The molecule has 1 nitrogen and oxygen atoms in total. The van der Waals surface area contributed by atoms with Gasteiger partial charge in [-0.15, -0.1) is 0 Å². The third kappa shape index (κ3) is 3.54. The number of rotatable bonds is 3. The maximum Gasteiger partial charge on any atom is 0.0807 e. The van der Waals surface area contributed by atoms with Gasteiger partial charge in [0, 0.05) is 5.56 Å². The number of benzene rings is 1. The molecule has 17 heavy (non-hydrogen) atoms. The number of thioether (sulfide) groups is 1. The van der Waals surface area contributed by atoms with Gasteiger partial charge in [-0.25, -0.2) is 0 Å². The number of hydrogen-bond donors (Lipinski definition) is 1. The SMILES string of the molecule is OC(CC1CCSCC1)c1cccc(Cl)c1Cl. The number of aliphatic hydroxyl groups excluding tert-OH is 1. The van der Waals surface area contributed by atoms with E-state index in [1.165, 1.54) is 24.3 Å². The summed E-state index contributed by atoms with van der Waals surface area (Å²) >= 11 is 14.1. The summed E-state index contributed by atoms with van der Waals surface area (Å²) in [5.41, 5.74) is 0.761. The molecule has 2 rings (SSSR count). The summed E-state index contributed by atoms with van der Waals surface area (Å²) < 4.78 is 0. The van der Waals surface area contributed by atoms with E-state index in [9.17, 15) is 5.11 Å². The second-order valence-corrected chi connectivity index (χ2v) is 6.46. The first kappa shape index (κ1) is 13.5. The Morgan fingerprint density at radius 2 is 2.00 bits per heavy atom. The van der Waals surface area contributed by atoms with Crippen LogP contribution in [0.2, 0.25) is 10.0 Å². The Bertz CT molecular complexity index is 378. The molecule has 1 aromatic rings. The number of hydrogen-bond acceptors (Lipinski definition) is 2. The van der Waals surface area contributed by atoms with Crippen LogP contribution in [0.1, 0.15) is 30.9 Å². The lowest BCUT2D eigenvalue weighted by Gasteiger charge is -2.24. The molecule has 0 spiro atoms. The molecule has 1 heterocycles. The van der Waals surface area contributed by atoms with Gasteiger partial charge in [0.05, 0.1) is 16.1 Å². The minimum Gasteiger partial charge on any atom is -0.388 e. The molecule has 1 N–H and O–H groups in total. The van der Waals surface area contributed by atoms with E-state index < -0.39 is 6.10 Å². The lowest BCUT2D eigenvalue weighted by molar-refractivity contribution is 0.141. The molecule has 1 unspecified atom stereocenters. The molecular weight excluding hydrogens is 275 g/mol. The van der Waals surface area contributed by atoms with E-state index in [0.717, 1.165) is 12.0 Å². The van der Waals surface area contributed by atoms with Crippen LogP contribution in [-0.4, -0.2) is 16.6 Å². The zero-order chi connectivity index (χ0) is 12.3. The highest BCUT2D eigenvalue weighted by Gasteiger charge is 2.20. The molecule has 0 radical (unpaired) electrons. The van der Waals surface area contributed by atoms with Crippen LogP contribution < -0.4 is 0 Å². The number of halogens is 2. The molecule has 1 aliphatic rings. The summed E-state index contributed by atoms with van der Waals surface area (Å²) in [6.45, 7) is 0. The van der Waals surface area contributed by atoms with E-state index in [-0.39, 0.29) is 0 Å². The van der Waals surface area contributed by atoms with Crippen molar-refractivity contribution in [2.45, 2.75) is 25.4 Å². The standard InChI is InChI=1S/C13H16Cl2OS/c14-11-3-1-2-10(13(11)15)12(16)8-9-4-6-17-7-5-9/h1-3,9,12,16H,4-8H2. The van der Waals surface area contributed by atoms with Gasteiger partial charge in [0.1, 0.15) is 0 Å². The largest absolute Gasteiger partial charge is 0.388 e. The first-order valence-corrected chi connectivity index (χ1v) is 7.79. The smallest absolute Gasteiger partial charge is 0.0807 e. The number of aliphatic hydroxyl groups is 1. The first-order chi connectivity index (χ1) is 8.18. The Morgan fingerprint density at radius 1 is 1.29 bits per heavy atom.